The number of anilines is 1. The molecule has 0 aromatic heterocycles. The average molecular weight is 283 g/mol. The maximum Gasteiger partial charge on any atom is 0.115 e. The van der Waals surface area contributed by atoms with Crippen LogP contribution in [-0.2, 0) is 12.8 Å². The number of hydrogen-bond donors (Lipinski definition) is 2. The van der Waals surface area contributed by atoms with Crippen LogP contribution in [-0.4, -0.2) is 11.1 Å². The molecule has 2 nitrogen and oxygen atoms in total. The van der Waals surface area contributed by atoms with Crippen LogP contribution in [0.2, 0.25) is 0 Å². The summed E-state index contributed by atoms with van der Waals surface area (Å²) in [6, 6.07) is 16.7. The lowest BCUT2D eigenvalue weighted by atomic mass is 10.1. The Hall–Kier alpha value is -1.96. The Kier molecular flexibility index (Phi) is 5.68. The molecule has 0 amide bonds. The topological polar surface area (TPSA) is 32.3 Å². The van der Waals surface area contributed by atoms with Gasteiger partial charge in [-0.1, -0.05) is 37.6 Å². The molecule has 0 aliphatic rings. The Bertz CT molecular complexity index is 530. The zero-order chi connectivity index (χ0) is 15.1. The largest absolute Gasteiger partial charge is 0.508 e. The van der Waals surface area contributed by atoms with Crippen molar-refractivity contribution in [1.82, 2.24) is 0 Å². The summed E-state index contributed by atoms with van der Waals surface area (Å²) in [4.78, 5) is 0. The van der Waals surface area contributed by atoms with E-state index in [1.807, 2.05) is 12.1 Å². The van der Waals surface area contributed by atoms with Gasteiger partial charge in [-0.05, 0) is 61.6 Å². The molecule has 0 heterocycles. The van der Waals surface area contributed by atoms with E-state index in [0.29, 0.717) is 11.8 Å². The van der Waals surface area contributed by atoms with Gasteiger partial charge in [0.15, 0.2) is 0 Å². The Morgan fingerprint density at radius 1 is 0.905 bits per heavy atom. The highest BCUT2D eigenvalue weighted by Gasteiger charge is 2.03. The number of rotatable bonds is 7. The second-order valence-corrected chi connectivity index (χ2v) is 5.70. The second kappa shape index (κ2) is 7.72. The molecule has 2 rings (SSSR count). The third-order valence-corrected chi connectivity index (χ3v) is 3.71. The van der Waals surface area contributed by atoms with E-state index >= 15 is 0 Å². The molecular formula is C19H25NO. The minimum Gasteiger partial charge on any atom is -0.508 e. The van der Waals surface area contributed by atoms with Gasteiger partial charge in [0, 0.05) is 11.7 Å². The van der Waals surface area contributed by atoms with Crippen molar-refractivity contribution in [3.8, 4) is 5.75 Å². The molecule has 0 spiro atoms. The average Bonchev–Trinajstić information content (AvgIpc) is 2.49. The van der Waals surface area contributed by atoms with Crippen LogP contribution in [0.15, 0.2) is 48.5 Å². The predicted molar refractivity (Wildman–Crippen MR) is 89.9 cm³/mol. The highest BCUT2D eigenvalue weighted by atomic mass is 16.3. The summed E-state index contributed by atoms with van der Waals surface area (Å²) in [7, 11) is 0. The van der Waals surface area contributed by atoms with Crippen molar-refractivity contribution in [1.29, 1.82) is 0 Å². The summed E-state index contributed by atoms with van der Waals surface area (Å²) < 4.78 is 0. The lowest BCUT2D eigenvalue weighted by molar-refractivity contribution is 0.475. The molecule has 0 fully saturated rings. The molecule has 0 saturated carbocycles. The molecule has 1 unspecified atom stereocenters. The van der Waals surface area contributed by atoms with E-state index in [-0.39, 0.29) is 0 Å². The monoisotopic (exact) mass is 283 g/mol. The molecule has 0 saturated heterocycles. The molecule has 2 aromatic rings. The van der Waals surface area contributed by atoms with Crippen LogP contribution < -0.4 is 5.32 Å². The minimum atomic E-state index is 0.331. The summed E-state index contributed by atoms with van der Waals surface area (Å²) in [6.45, 7) is 4.41. The Morgan fingerprint density at radius 2 is 1.48 bits per heavy atom. The number of phenols is 1. The number of aromatic hydroxyl groups is 1. The Balaban J connectivity index is 1.80. The molecule has 112 valence electrons. The van der Waals surface area contributed by atoms with Crippen molar-refractivity contribution in [2.45, 2.75) is 45.6 Å². The fourth-order valence-electron chi connectivity index (χ4n) is 2.46. The molecule has 0 aliphatic heterocycles. The van der Waals surface area contributed by atoms with Crippen molar-refractivity contribution >= 4 is 5.69 Å². The number of benzene rings is 2. The summed E-state index contributed by atoms with van der Waals surface area (Å²) in [5.74, 6) is 0.331. The van der Waals surface area contributed by atoms with Crippen LogP contribution in [0.5, 0.6) is 5.75 Å². The van der Waals surface area contributed by atoms with E-state index in [2.05, 4.69) is 43.4 Å². The summed E-state index contributed by atoms with van der Waals surface area (Å²) >= 11 is 0. The van der Waals surface area contributed by atoms with Gasteiger partial charge in [-0.25, -0.2) is 0 Å². The van der Waals surface area contributed by atoms with Crippen LogP contribution >= 0.6 is 0 Å². The molecule has 0 bridgehead atoms. The summed E-state index contributed by atoms with van der Waals surface area (Å²) in [5.41, 5.74) is 3.85. The predicted octanol–water partition coefficient (Wildman–Crippen LogP) is 4.78. The molecule has 2 heteroatoms. The molecule has 1 atom stereocenters. The van der Waals surface area contributed by atoms with Crippen LogP contribution in [0.1, 0.15) is 37.8 Å². The zero-order valence-corrected chi connectivity index (χ0v) is 13.0. The first-order valence-electron chi connectivity index (χ1n) is 7.80. The van der Waals surface area contributed by atoms with E-state index < -0.39 is 0 Å². The van der Waals surface area contributed by atoms with Crippen LogP contribution in [0.25, 0.3) is 0 Å². The second-order valence-electron chi connectivity index (χ2n) is 5.70. The highest BCUT2D eigenvalue weighted by molar-refractivity contribution is 5.45. The van der Waals surface area contributed by atoms with E-state index in [0.717, 1.165) is 19.3 Å². The maximum absolute atomic E-state index is 9.28. The number of nitrogens with one attached hydrogen (secondary N) is 1. The number of aryl methyl sites for hydroxylation is 2. The number of hydrogen-bond acceptors (Lipinski definition) is 2. The fraction of sp³-hybridized carbons (Fsp3) is 0.368. The third-order valence-electron chi connectivity index (χ3n) is 3.71. The molecule has 2 N–H and O–H groups in total. The lowest BCUT2D eigenvalue weighted by Crippen LogP contribution is -2.15. The molecule has 21 heavy (non-hydrogen) atoms. The maximum atomic E-state index is 9.28. The molecule has 0 radical (unpaired) electrons. The Morgan fingerprint density at radius 3 is 2.10 bits per heavy atom. The smallest absolute Gasteiger partial charge is 0.115 e. The normalized spacial score (nSPS) is 12.1. The SMILES string of the molecule is CCCc1ccc(NC(C)CCc2ccc(O)cc2)cc1. The standard InChI is InChI=1S/C19H25NO/c1-3-4-16-7-11-18(12-8-16)20-15(2)5-6-17-9-13-19(21)14-10-17/h7-15,20-21H,3-6H2,1-2H3. The Labute approximate surface area is 127 Å². The van der Waals surface area contributed by atoms with Crippen molar-refractivity contribution in [2.75, 3.05) is 5.32 Å². The van der Waals surface area contributed by atoms with Gasteiger partial charge < -0.3 is 10.4 Å². The van der Waals surface area contributed by atoms with Crippen molar-refractivity contribution in [3.05, 3.63) is 59.7 Å². The van der Waals surface area contributed by atoms with E-state index in [1.165, 1.54) is 23.2 Å². The van der Waals surface area contributed by atoms with Gasteiger partial charge in [0.05, 0.1) is 0 Å². The van der Waals surface area contributed by atoms with E-state index in [4.69, 9.17) is 0 Å². The van der Waals surface area contributed by atoms with E-state index in [9.17, 15) is 5.11 Å². The fourth-order valence-corrected chi connectivity index (χ4v) is 2.46. The number of phenolic OH excluding ortho intramolecular Hbond substituents is 1. The van der Waals surface area contributed by atoms with Gasteiger partial charge in [-0.15, -0.1) is 0 Å². The van der Waals surface area contributed by atoms with Crippen molar-refractivity contribution in [3.63, 3.8) is 0 Å². The van der Waals surface area contributed by atoms with Gasteiger partial charge in [0.25, 0.3) is 0 Å². The summed E-state index contributed by atoms with van der Waals surface area (Å²) in [5, 5.41) is 12.8. The van der Waals surface area contributed by atoms with E-state index in [1.54, 1.807) is 12.1 Å². The first-order valence-corrected chi connectivity index (χ1v) is 7.80. The van der Waals surface area contributed by atoms with Gasteiger partial charge in [-0.2, -0.15) is 0 Å². The van der Waals surface area contributed by atoms with Crippen molar-refractivity contribution in [2.24, 2.45) is 0 Å². The van der Waals surface area contributed by atoms with Gasteiger partial charge in [-0.3, -0.25) is 0 Å². The first-order chi connectivity index (χ1) is 10.2. The van der Waals surface area contributed by atoms with Crippen LogP contribution in [0.4, 0.5) is 5.69 Å². The highest BCUT2D eigenvalue weighted by Crippen LogP contribution is 2.15. The lowest BCUT2D eigenvalue weighted by Gasteiger charge is -2.15. The quantitative estimate of drug-likeness (QED) is 0.766. The minimum absolute atomic E-state index is 0.331. The first kappa shape index (κ1) is 15.4. The molecule has 2 aromatic carbocycles. The summed E-state index contributed by atoms with van der Waals surface area (Å²) in [6.07, 6.45) is 4.43. The van der Waals surface area contributed by atoms with Crippen LogP contribution in [0.3, 0.4) is 0 Å². The zero-order valence-electron chi connectivity index (χ0n) is 13.0. The van der Waals surface area contributed by atoms with Crippen LogP contribution in [0, 0.1) is 0 Å². The molecular weight excluding hydrogens is 258 g/mol. The van der Waals surface area contributed by atoms with Crippen molar-refractivity contribution < 1.29 is 5.11 Å². The third kappa shape index (κ3) is 5.14. The van der Waals surface area contributed by atoms with Gasteiger partial charge in [0.2, 0.25) is 0 Å². The molecule has 0 aliphatic carbocycles. The van der Waals surface area contributed by atoms with Gasteiger partial charge >= 0.3 is 0 Å². The van der Waals surface area contributed by atoms with Gasteiger partial charge in [0.1, 0.15) is 5.75 Å².